The van der Waals surface area contributed by atoms with Crippen LogP contribution in [0.25, 0.3) is 0 Å². The molecule has 2 aromatic carbocycles. The molecule has 2 aliphatic rings. The molecule has 33 heavy (non-hydrogen) atoms. The van der Waals surface area contributed by atoms with E-state index >= 15 is 0 Å². The summed E-state index contributed by atoms with van der Waals surface area (Å²) in [5.41, 5.74) is 2.68. The van der Waals surface area contributed by atoms with Gasteiger partial charge in [0.05, 0.1) is 19.4 Å². The Labute approximate surface area is 193 Å². The van der Waals surface area contributed by atoms with Gasteiger partial charge in [0.2, 0.25) is 0 Å². The van der Waals surface area contributed by atoms with Crippen LogP contribution in [0.15, 0.2) is 71.0 Å². The van der Waals surface area contributed by atoms with Crippen molar-refractivity contribution in [2.45, 2.75) is 25.9 Å². The summed E-state index contributed by atoms with van der Waals surface area (Å²) in [4.78, 5) is 18.6. The Hall–Kier alpha value is -3.81. The Morgan fingerprint density at radius 1 is 1.27 bits per heavy atom. The number of methoxy groups -OCH3 is 1. The highest BCUT2D eigenvalue weighted by Crippen LogP contribution is 2.32. The Bertz CT molecular complexity index is 1070. The van der Waals surface area contributed by atoms with E-state index in [1.807, 2.05) is 41.4 Å². The predicted octanol–water partition coefficient (Wildman–Crippen LogP) is 4.10. The number of urea groups is 1. The molecule has 2 atom stereocenters. The van der Waals surface area contributed by atoms with Crippen molar-refractivity contribution in [3.8, 4) is 11.5 Å². The van der Waals surface area contributed by atoms with Crippen LogP contribution in [0.2, 0.25) is 0 Å². The third-order valence-corrected chi connectivity index (χ3v) is 5.95. The molecule has 8 nitrogen and oxygen atoms in total. The standard InChI is InChI=1S/C25H29N5O3/c1-3-18-11-14-30(28-23(18)20-9-10-22(33-2)21(31)17-20)24(19-7-5-4-6-8-19)27-25(32)29-15-12-26-13-16-29/h4-10,12-13,15,17-18,24,31H,3,11,14,16H2,1-2H3,(H,27,32). The van der Waals surface area contributed by atoms with Crippen LogP contribution in [-0.4, -0.2) is 53.2 Å². The van der Waals surface area contributed by atoms with Crippen molar-refractivity contribution in [2.24, 2.45) is 16.0 Å². The van der Waals surface area contributed by atoms with E-state index in [0.717, 1.165) is 29.7 Å². The number of benzene rings is 2. The second-order valence-corrected chi connectivity index (χ2v) is 7.97. The number of phenolic OH excluding ortho intramolecular Hbond substituents is 1. The molecular weight excluding hydrogens is 418 g/mol. The molecule has 2 amide bonds. The van der Waals surface area contributed by atoms with E-state index in [9.17, 15) is 9.90 Å². The van der Waals surface area contributed by atoms with Crippen LogP contribution >= 0.6 is 0 Å². The molecule has 4 rings (SSSR count). The number of hydrogen-bond acceptors (Lipinski definition) is 6. The summed E-state index contributed by atoms with van der Waals surface area (Å²) in [7, 11) is 1.53. The van der Waals surface area contributed by atoms with Gasteiger partial charge in [0, 0.05) is 36.6 Å². The molecular formula is C25H29N5O3. The number of hydrogen-bond donors (Lipinski definition) is 2. The molecule has 0 aliphatic carbocycles. The number of rotatable bonds is 6. The van der Waals surface area contributed by atoms with Crippen molar-refractivity contribution in [3.05, 3.63) is 72.1 Å². The third-order valence-electron chi connectivity index (χ3n) is 5.95. The zero-order valence-electron chi connectivity index (χ0n) is 18.9. The molecule has 2 N–H and O–H groups in total. The van der Waals surface area contributed by atoms with E-state index in [1.54, 1.807) is 35.6 Å². The van der Waals surface area contributed by atoms with E-state index in [4.69, 9.17) is 9.84 Å². The molecule has 2 heterocycles. The van der Waals surface area contributed by atoms with Gasteiger partial charge >= 0.3 is 6.03 Å². The fourth-order valence-electron chi connectivity index (χ4n) is 4.11. The number of carbonyl (C=O) groups is 1. The first kappa shape index (κ1) is 22.4. The molecule has 2 aromatic rings. The lowest BCUT2D eigenvalue weighted by atomic mass is 9.90. The van der Waals surface area contributed by atoms with Gasteiger partial charge in [-0.3, -0.25) is 14.9 Å². The molecule has 0 bridgehead atoms. The van der Waals surface area contributed by atoms with Gasteiger partial charge in [-0.05, 0) is 36.6 Å². The highest BCUT2D eigenvalue weighted by Gasteiger charge is 2.30. The first-order valence-electron chi connectivity index (χ1n) is 11.1. The van der Waals surface area contributed by atoms with Crippen LogP contribution in [-0.2, 0) is 0 Å². The Kier molecular flexibility index (Phi) is 6.92. The number of carbonyl (C=O) groups excluding carboxylic acids is 1. The number of ether oxygens (including phenoxy) is 1. The van der Waals surface area contributed by atoms with Gasteiger partial charge in [0.1, 0.15) is 6.17 Å². The van der Waals surface area contributed by atoms with E-state index in [0.29, 0.717) is 18.8 Å². The SMILES string of the molecule is CCC1CCN(C(NC(=O)N2C=CN=CC2)c2ccccc2)N=C1c1ccc(OC)c(O)c1. The number of nitrogens with zero attached hydrogens (tertiary/aromatic N) is 4. The summed E-state index contributed by atoms with van der Waals surface area (Å²) in [6.45, 7) is 3.25. The van der Waals surface area contributed by atoms with Crippen LogP contribution in [0.4, 0.5) is 4.79 Å². The normalized spacial score (nSPS) is 18.6. The van der Waals surface area contributed by atoms with Crippen molar-refractivity contribution in [2.75, 3.05) is 20.2 Å². The fourth-order valence-corrected chi connectivity index (χ4v) is 4.11. The zero-order valence-corrected chi connectivity index (χ0v) is 18.9. The number of aromatic hydroxyl groups is 1. The average molecular weight is 448 g/mol. The number of amides is 2. The maximum absolute atomic E-state index is 13.0. The van der Waals surface area contributed by atoms with E-state index < -0.39 is 6.17 Å². The monoisotopic (exact) mass is 447 g/mol. The van der Waals surface area contributed by atoms with Crippen LogP contribution in [0.1, 0.15) is 37.1 Å². The highest BCUT2D eigenvalue weighted by atomic mass is 16.5. The summed E-state index contributed by atoms with van der Waals surface area (Å²) in [5.74, 6) is 0.756. The quantitative estimate of drug-likeness (QED) is 0.698. The summed E-state index contributed by atoms with van der Waals surface area (Å²) in [6, 6.07) is 15.0. The van der Waals surface area contributed by atoms with Crippen LogP contribution < -0.4 is 10.1 Å². The minimum absolute atomic E-state index is 0.0798. The van der Waals surface area contributed by atoms with Crippen molar-refractivity contribution < 1.29 is 14.6 Å². The van der Waals surface area contributed by atoms with E-state index in [1.165, 1.54) is 7.11 Å². The predicted molar refractivity (Wildman–Crippen MR) is 128 cm³/mol. The summed E-state index contributed by atoms with van der Waals surface area (Å²) < 4.78 is 5.19. The molecule has 2 unspecified atom stereocenters. The zero-order chi connectivity index (χ0) is 23.2. The summed E-state index contributed by atoms with van der Waals surface area (Å²) in [6.07, 6.45) is 6.33. The minimum Gasteiger partial charge on any atom is -0.504 e. The molecule has 172 valence electrons. The number of hydrazone groups is 1. The van der Waals surface area contributed by atoms with Crippen molar-refractivity contribution in [3.63, 3.8) is 0 Å². The molecule has 0 aromatic heterocycles. The Morgan fingerprint density at radius 3 is 2.76 bits per heavy atom. The van der Waals surface area contributed by atoms with Crippen LogP contribution in [0.5, 0.6) is 11.5 Å². The molecule has 0 saturated carbocycles. The third kappa shape index (κ3) is 5.00. The second kappa shape index (κ2) is 10.2. The summed E-state index contributed by atoms with van der Waals surface area (Å²) >= 11 is 0. The number of phenols is 1. The Morgan fingerprint density at radius 2 is 2.09 bits per heavy atom. The van der Waals surface area contributed by atoms with Crippen molar-refractivity contribution >= 4 is 18.0 Å². The first-order valence-corrected chi connectivity index (χ1v) is 11.1. The lowest BCUT2D eigenvalue weighted by molar-refractivity contribution is 0.145. The lowest BCUT2D eigenvalue weighted by Crippen LogP contribution is -2.47. The topological polar surface area (TPSA) is 89.8 Å². The van der Waals surface area contributed by atoms with Gasteiger partial charge in [0.15, 0.2) is 11.5 Å². The van der Waals surface area contributed by atoms with Crippen molar-refractivity contribution in [1.82, 2.24) is 15.2 Å². The maximum atomic E-state index is 13.0. The van der Waals surface area contributed by atoms with Gasteiger partial charge in [-0.15, -0.1) is 0 Å². The van der Waals surface area contributed by atoms with Gasteiger partial charge in [-0.2, -0.15) is 5.10 Å². The molecule has 0 saturated heterocycles. The minimum atomic E-state index is -0.439. The largest absolute Gasteiger partial charge is 0.504 e. The average Bonchev–Trinajstić information content (AvgIpc) is 2.87. The van der Waals surface area contributed by atoms with E-state index in [2.05, 4.69) is 17.2 Å². The van der Waals surface area contributed by atoms with Gasteiger partial charge in [-0.1, -0.05) is 37.3 Å². The molecule has 0 radical (unpaired) electrons. The Balaban J connectivity index is 1.67. The fraction of sp³-hybridized carbons (Fsp3) is 0.320. The molecule has 0 spiro atoms. The van der Waals surface area contributed by atoms with Crippen molar-refractivity contribution in [1.29, 1.82) is 0 Å². The number of aliphatic imine (C=N–C) groups is 1. The molecule has 8 heteroatoms. The number of nitrogens with one attached hydrogen (secondary N) is 1. The smallest absolute Gasteiger partial charge is 0.323 e. The first-order chi connectivity index (χ1) is 16.1. The molecule has 0 fully saturated rings. The van der Waals surface area contributed by atoms with Gasteiger partial charge < -0.3 is 15.2 Å². The van der Waals surface area contributed by atoms with Crippen LogP contribution in [0, 0.1) is 5.92 Å². The lowest BCUT2D eigenvalue weighted by Gasteiger charge is -2.37. The van der Waals surface area contributed by atoms with E-state index in [-0.39, 0.29) is 17.7 Å². The summed E-state index contributed by atoms with van der Waals surface area (Å²) in [5, 5.41) is 20.4. The van der Waals surface area contributed by atoms with Crippen LogP contribution in [0.3, 0.4) is 0 Å². The molecule has 2 aliphatic heterocycles. The second-order valence-electron chi connectivity index (χ2n) is 7.97. The van der Waals surface area contributed by atoms with Gasteiger partial charge in [0.25, 0.3) is 0 Å². The maximum Gasteiger partial charge on any atom is 0.323 e. The highest BCUT2D eigenvalue weighted by molar-refractivity contribution is 6.03. The van der Waals surface area contributed by atoms with Gasteiger partial charge in [-0.25, -0.2) is 4.79 Å².